The molecule has 0 unspecified atom stereocenters. The molecule has 102 valence electrons. The third-order valence-corrected chi connectivity index (χ3v) is 4.08. The van der Waals surface area contributed by atoms with Crippen molar-refractivity contribution in [3.8, 4) is 5.75 Å². The molecule has 1 amide bonds. The molecule has 0 spiro atoms. The first-order valence-corrected chi connectivity index (χ1v) is 7.16. The monoisotopic (exact) mass is 260 g/mol. The number of hydrogen-bond acceptors (Lipinski definition) is 3. The maximum Gasteiger partial charge on any atom is 0.223 e. The van der Waals surface area contributed by atoms with Crippen LogP contribution in [-0.4, -0.2) is 35.0 Å². The Bertz CT molecular complexity index is 423. The Morgan fingerprint density at radius 2 is 2.16 bits per heavy atom. The molecule has 0 N–H and O–H groups in total. The number of rotatable bonds is 4. The van der Waals surface area contributed by atoms with Gasteiger partial charge in [-0.15, -0.1) is 0 Å². The number of carbonyl (C=O) groups excluding carboxylic acids is 1. The number of hydrogen-bond donors (Lipinski definition) is 0. The molecule has 2 heterocycles. The van der Waals surface area contributed by atoms with Gasteiger partial charge in [-0.1, -0.05) is 12.8 Å². The smallest absolute Gasteiger partial charge is 0.223 e. The van der Waals surface area contributed by atoms with Crippen molar-refractivity contribution in [1.82, 2.24) is 9.88 Å². The van der Waals surface area contributed by atoms with E-state index in [2.05, 4.69) is 4.98 Å². The number of nitrogens with zero attached hydrogens (tertiary/aromatic N) is 2. The molecule has 1 saturated carbocycles. The molecule has 2 fully saturated rings. The lowest BCUT2D eigenvalue weighted by Gasteiger charge is -2.39. The van der Waals surface area contributed by atoms with Gasteiger partial charge in [0.15, 0.2) is 0 Å². The first-order chi connectivity index (χ1) is 9.31. The van der Waals surface area contributed by atoms with Gasteiger partial charge in [0.1, 0.15) is 11.9 Å². The zero-order valence-corrected chi connectivity index (χ0v) is 11.1. The Morgan fingerprint density at radius 3 is 2.84 bits per heavy atom. The molecule has 1 aliphatic heterocycles. The zero-order valence-electron chi connectivity index (χ0n) is 11.1. The molecule has 1 aromatic rings. The highest BCUT2D eigenvalue weighted by atomic mass is 16.5. The summed E-state index contributed by atoms with van der Waals surface area (Å²) >= 11 is 0. The Labute approximate surface area is 113 Å². The minimum atomic E-state index is 0.136. The van der Waals surface area contributed by atoms with Crippen LogP contribution in [0.25, 0.3) is 0 Å². The fraction of sp³-hybridized carbons (Fsp3) is 0.600. The van der Waals surface area contributed by atoms with E-state index >= 15 is 0 Å². The summed E-state index contributed by atoms with van der Waals surface area (Å²) in [7, 11) is 0. The maximum absolute atomic E-state index is 12.0. The quantitative estimate of drug-likeness (QED) is 0.834. The number of pyridine rings is 1. The van der Waals surface area contributed by atoms with Crippen molar-refractivity contribution in [2.75, 3.05) is 13.1 Å². The average Bonchev–Trinajstić information content (AvgIpc) is 2.87. The minimum Gasteiger partial charge on any atom is -0.485 e. The number of likely N-dealkylation sites (tertiary alicyclic amines) is 1. The molecule has 0 radical (unpaired) electrons. The molecule has 4 heteroatoms. The molecule has 19 heavy (non-hydrogen) atoms. The van der Waals surface area contributed by atoms with Gasteiger partial charge in [0.2, 0.25) is 5.91 Å². The largest absolute Gasteiger partial charge is 0.485 e. The van der Waals surface area contributed by atoms with Gasteiger partial charge in [0.25, 0.3) is 0 Å². The summed E-state index contributed by atoms with van der Waals surface area (Å²) < 4.78 is 5.74. The van der Waals surface area contributed by atoms with Crippen LogP contribution in [0.15, 0.2) is 24.5 Å². The predicted molar refractivity (Wildman–Crippen MR) is 71.8 cm³/mol. The van der Waals surface area contributed by atoms with Crippen molar-refractivity contribution in [2.24, 2.45) is 5.92 Å². The van der Waals surface area contributed by atoms with E-state index in [4.69, 9.17) is 4.74 Å². The van der Waals surface area contributed by atoms with Crippen LogP contribution in [0.5, 0.6) is 5.75 Å². The molecule has 1 aromatic heterocycles. The summed E-state index contributed by atoms with van der Waals surface area (Å²) in [6, 6.07) is 3.76. The number of aromatic nitrogens is 1. The van der Waals surface area contributed by atoms with Crippen LogP contribution < -0.4 is 4.74 Å². The first kappa shape index (κ1) is 12.5. The van der Waals surface area contributed by atoms with E-state index in [1.807, 2.05) is 17.0 Å². The molecular weight excluding hydrogens is 240 g/mol. The van der Waals surface area contributed by atoms with Crippen molar-refractivity contribution < 1.29 is 9.53 Å². The SMILES string of the molecule is O=C(CC1CCCC1)N1CC(Oc2cccnc2)C1. The highest BCUT2D eigenvalue weighted by molar-refractivity contribution is 5.77. The fourth-order valence-electron chi connectivity index (χ4n) is 2.92. The summed E-state index contributed by atoms with van der Waals surface area (Å²) in [5.74, 6) is 1.72. The molecule has 2 aliphatic rings. The summed E-state index contributed by atoms with van der Waals surface area (Å²) in [5, 5.41) is 0. The standard InChI is InChI=1S/C15H20N2O2/c18-15(8-12-4-1-2-5-12)17-10-14(11-17)19-13-6-3-7-16-9-13/h3,6-7,9,12,14H,1-2,4-5,8,10-11H2. The van der Waals surface area contributed by atoms with Gasteiger partial charge in [-0.3, -0.25) is 9.78 Å². The third kappa shape index (κ3) is 3.06. The number of ether oxygens (including phenoxy) is 1. The highest BCUT2D eigenvalue weighted by Crippen LogP contribution is 2.29. The van der Waals surface area contributed by atoms with Crippen LogP contribution in [0, 0.1) is 5.92 Å². The summed E-state index contributed by atoms with van der Waals surface area (Å²) in [6.45, 7) is 1.45. The van der Waals surface area contributed by atoms with Gasteiger partial charge in [-0.2, -0.15) is 0 Å². The number of carbonyl (C=O) groups is 1. The molecule has 0 atom stereocenters. The van der Waals surface area contributed by atoms with Crippen LogP contribution >= 0.6 is 0 Å². The normalized spacial score (nSPS) is 20.3. The van der Waals surface area contributed by atoms with Crippen molar-refractivity contribution in [3.63, 3.8) is 0 Å². The second kappa shape index (κ2) is 5.59. The van der Waals surface area contributed by atoms with E-state index in [0.717, 1.165) is 25.3 Å². The summed E-state index contributed by atoms with van der Waals surface area (Å²) in [4.78, 5) is 18.0. The van der Waals surface area contributed by atoms with E-state index in [-0.39, 0.29) is 6.10 Å². The predicted octanol–water partition coefficient (Wildman–Crippen LogP) is 2.25. The lowest BCUT2D eigenvalue weighted by molar-refractivity contribution is -0.141. The van der Waals surface area contributed by atoms with Crippen molar-refractivity contribution in [3.05, 3.63) is 24.5 Å². The van der Waals surface area contributed by atoms with E-state index in [1.54, 1.807) is 12.4 Å². The maximum atomic E-state index is 12.0. The molecular formula is C15H20N2O2. The summed E-state index contributed by atoms with van der Waals surface area (Å²) in [5.41, 5.74) is 0. The zero-order chi connectivity index (χ0) is 13.1. The van der Waals surface area contributed by atoms with Gasteiger partial charge in [-0.05, 0) is 30.9 Å². The third-order valence-electron chi connectivity index (χ3n) is 4.08. The van der Waals surface area contributed by atoms with Gasteiger partial charge in [0.05, 0.1) is 19.3 Å². The molecule has 0 aromatic carbocycles. The van der Waals surface area contributed by atoms with Crippen molar-refractivity contribution in [2.45, 2.75) is 38.2 Å². The first-order valence-electron chi connectivity index (χ1n) is 7.16. The molecule has 0 bridgehead atoms. The second-order valence-corrected chi connectivity index (χ2v) is 5.58. The Hall–Kier alpha value is -1.58. The molecule has 3 rings (SSSR count). The van der Waals surface area contributed by atoms with Crippen LogP contribution in [0.1, 0.15) is 32.1 Å². The Kier molecular flexibility index (Phi) is 3.67. The van der Waals surface area contributed by atoms with Crippen LogP contribution in [0.2, 0.25) is 0 Å². The topological polar surface area (TPSA) is 42.4 Å². The number of amides is 1. The van der Waals surface area contributed by atoms with Crippen molar-refractivity contribution >= 4 is 5.91 Å². The molecule has 1 aliphatic carbocycles. The Morgan fingerprint density at radius 1 is 1.37 bits per heavy atom. The van der Waals surface area contributed by atoms with Crippen LogP contribution in [-0.2, 0) is 4.79 Å². The second-order valence-electron chi connectivity index (χ2n) is 5.58. The molecule has 4 nitrogen and oxygen atoms in total. The fourth-order valence-corrected chi connectivity index (χ4v) is 2.92. The highest BCUT2D eigenvalue weighted by Gasteiger charge is 2.33. The lowest BCUT2D eigenvalue weighted by Crippen LogP contribution is -2.56. The van der Waals surface area contributed by atoms with E-state index in [1.165, 1.54) is 25.7 Å². The van der Waals surface area contributed by atoms with Crippen LogP contribution in [0.4, 0.5) is 0 Å². The van der Waals surface area contributed by atoms with Gasteiger partial charge in [0, 0.05) is 12.6 Å². The summed E-state index contributed by atoms with van der Waals surface area (Å²) in [6.07, 6.45) is 9.37. The molecule has 1 saturated heterocycles. The van der Waals surface area contributed by atoms with Gasteiger partial charge in [-0.25, -0.2) is 0 Å². The minimum absolute atomic E-state index is 0.136. The average molecular weight is 260 g/mol. The van der Waals surface area contributed by atoms with E-state index in [0.29, 0.717) is 11.8 Å². The Balaban J connectivity index is 1.41. The van der Waals surface area contributed by atoms with Gasteiger partial charge >= 0.3 is 0 Å². The van der Waals surface area contributed by atoms with E-state index < -0.39 is 0 Å². The van der Waals surface area contributed by atoms with Crippen molar-refractivity contribution in [1.29, 1.82) is 0 Å². The van der Waals surface area contributed by atoms with Crippen LogP contribution in [0.3, 0.4) is 0 Å². The lowest BCUT2D eigenvalue weighted by atomic mass is 10.0. The van der Waals surface area contributed by atoms with E-state index in [9.17, 15) is 4.79 Å². The van der Waals surface area contributed by atoms with Gasteiger partial charge < -0.3 is 9.64 Å².